The minimum absolute atomic E-state index is 0.433. The van der Waals surface area contributed by atoms with Gasteiger partial charge in [-0.05, 0) is 28.1 Å². The highest BCUT2D eigenvalue weighted by atomic mass is 79.9. The van der Waals surface area contributed by atoms with Crippen LogP contribution in [0.15, 0.2) is 39.5 Å². The van der Waals surface area contributed by atoms with Crippen molar-refractivity contribution in [1.82, 2.24) is 5.16 Å². The van der Waals surface area contributed by atoms with Gasteiger partial charge in [-0.15, -0.1) is 0 Å². The van der Waals surface area contributed by atoms with Crippen molar-refractivity contribution in [3.8, 4) is 11.3 Å². The first-order valence-electron chi connectivity index (χ1n) is 4.26. The molecule has 2 rings (SSSR count). The molecule has 0 atom stereocenters. The van der Waals surface area contributed by atoms with Crippen LogP contribution in [0.1, 0.15) is 5.56 Å². The van der Waals surface area contributed by atoms with Crippen LogP contribution in [0.3, 0.4) is 0 Å². The maximum absolute atomic E-state index is 12.3. The Labute approximate surface area is 97.2 Å². The lowest BCUT2D eigenvalue weighted by molar-refractivity contribution is -0.137. The van der Waals surface area contributed by atoms with Crippen molar-refractivity contribution in [3.05, 3.63) is 40.6 Å². The molecular formula is C10H5BrF3NO. The van der Waals surface area contributed by atoms with E-state index in [1.165, 1.54) is 12.1 Å². The van der Waals surface area contributed by atoms with Gasteiger partial charge in [0.1, 0.15) is 5.69 Å². The minimum atomic E-state index is -4.32. The largest absolute Gasteiger partial charge is 0.416 e. The third-order valence-corrected chi connectivity index (χ3v) is 2.36. The van der Waals surface area contributed by atoms with Gasteiger partial charge in [0.25, 0.3) is 0 Å². The Morgan fingerprint density at radius 3 is 2.19 bits per heavy atom. The molecule has 84 valence electrons. The van der Waals surface area contributed by atoms with E-state index in [0.717, 1.165) is 12.1 Å². The van der Waals surface area contributed by atoms with Gasteiger partial charge in [0.15, 0.2) is 0 Å². The fourth-order valence-electron chi connectivity index (χ4n) is 1.22. The monoisotopic (exact) mass is 291 g/mol. The summed E-state index contributed by atoms with van der Waals surface area (Å²) in [7, 11) is 0. The van der Waals surface area contributed by atoms with E-state index in [0.29, 0.717) is 15.9 Å². The number of benzene rings is 1. The lowest BCUT2D eigenvalue weighted by Crippen LogP contribution is -2.03. The van der Waals surface area contributed by atoms with E-state index in [1.54, 1.807) is 6.07 Å². The van der Waals surface area contributed by atoms with Crippen molar-refractivity contribution in [2.75, 3.05) is 0 Å². The second-order valence-electron chi connectivity index (χ2n) is 3.09. The number of hydrogen-bond donors (Lipinski definition) is 0. The summed E-state index contributed by atoms with van der Waals surface area (Å²) in [6.07, 6.45) is -4.32. The summed E-state index contributed by atoms with van der Waals surface area (Å²) in [5.74, 6) is 0. The van der Waals surface area contributed by atoms with Gasteiger partial charge in [-0.25, -0.2) is 0 Å². The first-order chi connectivity index (χ1) is 7.47. The lowest BCUT2D eigenvalue weighted by atomic mass is 10.1. The summed E-state index contributed by atoms with van der Waals surface area (Å²) in [6.45, 7) is 0. The van der Waals surface area contributed by atoms with Crippen molar-refractivity contribution in [1.29, 1.82) is 0 Å². The Bertz CT molecular complexity index is 490. The molecule has 2 aromatic rings. The van der Waals surface area contributed by atoms with Crippen LogP contribution < -0.4 is 0 Å². The molecule has 0 amide bonds. The molecule has 0 fully saturated rings. The number of aromatic nitrogens is 1. The second-order valence-corrected chi connectivity index (χ2v) is 3.87. The smallest absolute Gasteiger partial charge is 0.349 e. The van der Waals surface area contributed by atoms with Gasteiger partial charge in [-0.3, -0.25) is 0 Å². The maximum atomic E-state index is 12.3. The number of alkyl halides is 3. The Kier molecular flexibility index (Phi) is 2.75. The van der Waals surface area contributed by atoms with E-state index in [-0.39, 0.29) is 0 Å². The quantitative estimate of drug-likeness (QED) is 0.790. The number of halogens is 4. The summed E-state index contributed by atoms with van der Waals surface area (Å²) in [6, 6.07) is 6.32. The van der Waals surface area contributed by atoms with Crippen molar-refractivity contribution in [2.24, 2.45) is 0 Å². The molecule has 0 bridgehead atoms. The predicted molar refractivity (Wildman–Crippen MR) is 54.6 cm³/mol. The Hall–Kier alpha value is -1.30. The highest BCUT2D eigenvalue weighted by Gasteiger charge is 2.30. The van der Waals surface area contributed by atoms with Gasteiger partial charge in [0.05, 0.1) is 5.56 Å². The molecule has 0 aliphatic heterocycles. The molecule has 0 N–H and O–H groups in total. The standard InChI is InChI=1S/C10H5BrF3NO/c11-9-5-8(15-16-9)6-1-3-7(4-2-6)10(12,13)14/h1-5H. The van der Waals surface area contributed by atoms with Crippen LogP contribution in [0.4, 0.5) is 13.2 Å². The minimum Gasteiger partial charge on any atom is -0.349 e. The molecule has 16 heavy (non-hydrogen) atoms. The van der Waals surface area contributed by atoms with Crippen LogP contribution in [0.25, 0.3) is 11.3 Å². The zero-order chi connectivity index (χ0) is 11.8. The molecule has 1 heterocycles. The summed E-state index contributed by atoms with van der Waals surface area (Å²) < 4.78 is 42.0. The van der Waals surface area contributed by atoms with E-state index < -0.39 is 11.7 Å². The zero-order valence-corrected chi connectivity index (χ0v) is 9.34. The van der Waals surface area contributed by atoms with Gasteiger partial charge in [0, 0.05) is 11.6 Å². The molecule has 0 aliphatic rings. The van der Waals surface area contributed by atoms with Crippen LogP contribution in [0.2, 0.25) is 0 Å². The summed E-state index contributed by atoms with van der Waals surface area (Å²) >= 11 is 3.07. The molecule has 1 aromatic carbocycles. The molecular weight excluding hydrogens is 287 g/mol. The average molecular weight is 292 g/mol. The maximum Gasteiger partial charge on any atom is 0.416 e. The summed E-state index contributed by atoms with van der Waals surface area (Å²) in [5.41, 5.74) is 0.377. The topological polar surface area (TPSA) is 26.0 Å². The van der Waals surface area contributed by atoms with E-state index in [1.807, 2.05) is 0 Å². The van der Waals surface area contributed by atoms with Crippen LogP contribution >= 0.6 is 15.9 Å². The highest BCUT2D eigenvalue weighted by Crippen LogP contribution is 2.31. The van der Waals surface area contributed by atoms with Crippen LogP contribution in [-0.2, 0) is 6.18 Å². The first-order valence-corrected chi connectivity index (χ1v) is 5.06. The van der Waals surface area contributed by atoms with E-state index in [2.05, 4.69) is 21.1 Å². The molecule has 0 radical (unpaired) electrons. The molecule has 0 saturated carbocycles. The van der Waals surface area contributed by atoms with Gasteiger partial charge in [-0.2, -0.15) is 13.2 Å². The normalized spacial score (nSPS) is 11.8. The van der Waals surface area contributed by atoms with E-state index in [4.69, 9.17) is 4.52 Å². The van der Waals surface area contributed by atoms with Crippen molar-refractivity contribution in [2.45, 2.75) is 6.18 Å². The predicted octanol–water partition coefficient (Wildman–Crippen LogP) is 4.12. The van der Waals surface area contributed by atoms with Gasteiger partial charge < -0.3 is 4.52 Å². The summed E-state index contributed by atoms with van der Waals surface area (Å²) in [4.78, 5) is 0. The lowest BCUT2D eigenvalue weighted by Gasteiger charge is -2.06. The molecule has 1 aromatic heterocycles. The SMILES string of the molecule is FC(F)(F)c1ccc(-c2cc(Br)on2)cc1. The average Bonchev–Trinajstić information content (AvgIpc) is 2.64. The Balaban J connectivity index is 2.33. The van der Waals surface area contributed by atoms with E-state index in [9.17, 15) is 13.2 Å². The Morgan fingerprint density at radius 2 is 1.75 bits per heavy atom. The molecule has 0 spiro atoms. The zero-order valence-electron chi connectivity index (χ0n) is 7.75. The second kappa shape index (κ2) is 3.93. The molecule has 6 heteroatoms. The molecule has 0 aliphatic carbocycles. The van der Waals surface area contributed by atoms with E-state index >= 15 is 0 Å². The van der Waals surface area contributed by atoms with Gasteiger partial charge in [0.2, 0.25) is 4.67 Å². The van der Waals surface area contributed by atoms with Crippen LogP contribution in [0.5, 0.6) is 0 Å². The third kappa shape index (κ3) is 2.27. The summed E-state index contributed by atoms with van der Waals surface area (Å²) in [5, 5.41) is 3.67. The van der Waals surface area contributed by atoms with Crippen molar-refractivity contribution >= 4 is 15.9 Å². The van der Waals surface area contributed by atoms with Crippen molar-refractivity contribution < 1.29 is 17.7 Å². The van der Waals surface area contributed by atoms with Crippen LogP contribution in [-0.4, -0.2) is 5.16 Å². The fourth-order valence-corrected chi connectivity index (χ4v) is 1.51. The molecule has 0 saturated heterocycles. The Morgan fingerprint density at radius 1 is 1.12 bits per heavy atom. The van der Waals surface area contributed by atoms with Gasteiger partial charge in [-0.1, -0.05) is 17.3 Å². The number of rotatable bonds is 1. The molecule has 0 unspecified atom stereocenters. The van der Waals surface area contributed by atoms with Crippen LogP contribution in [0, 0.1) is 0 Å². The molecule has 2 nitrogen and oxygen atoms in total. The number of nitrogens with zero attached hydrogens (tertiary/aromatic N) is 1. The van der Waals surface area contributed by atoms with Gasteiger partial charge >= 0.3 is 6.18 Å². The first kappa shape index (κ1) is 11.2. The fraction of sp³-hybridized carbons (Fsp3) is 0.100. The van der Waals surface area contributed by atoms with Crippen molar-refractivity contribution in [3.63, 3.8) is 0 Å². The highest BCUT2D eigenvalue weighted by molar-refractivity contribution is 9.10. The third-order valence-electron chi connectivity index (χ3n) is 1.99. The number of hydrogen-bond acceptors (Lipinski definition) is 2.